The van der Waals surface area contributed by atoms with Crippen LogP contribution in [0.5, 0.6) is 0 Å². The predicted molar refractivity (Wildman–Crippen MR) is 79.2 cm³/mol. The van der Waals surface area contributed by atoms with Gasteiger partial charge in [0.05, 0.1) is 0 Å². The van der Waals surface area contributed by atoms with E-state index in [1.54, 1.807) is 0 Å². The summed E-state index contributed by atoms with van der Waals surface area (Å²) in [6.07, 6.45) is 1.97. The average Bonchev–Trinajstić information content (AvgIpc) is 2.36. The fourth-order valence-corrected chi connectivity index (χ4v) is 2.48. The smallest absolute Gasteiger partial charge is 0.253 e. The largest absolute Gasteiger partial charge is 0.399 e. The number of benzene rings is 1. The summed E-state index contributed by atoms with van der Waals surface area (Å²) in [6, 6.07) is 9.14. The molecule has 2 aromatic rings. The molecule has 0 aliphatic rings. The number of aromatic nitrogens is 2. The van der Waals surface area contributed by atoms with E-state index >= 15 is 0 Å². The Hall–Kier alpha value is -1.95. The van der Waals surface area contributed by atoms with E-state index in [9.17, 15) is 4.79 Å². The van der Waals surface area contributed by atoms with Crippen LogP contribution in [-0.4, -0.2) is 15.7 Å². The third-order valence-electron chi connectivity index (χ3n) is 2.57. The van der Waals surface area contributed by atoms with Crippen molar-refractivity contribution in [2.24, 2.45) is 0 Å². The van der Waals surface area contributed by atoms with E-state index in [-0.39, 0.29) is 11.4 Å². The highest BCUT2D eigenvalue weighted by Crippen LogP contribution is 2.15. The van der Waals surface area contributed by atoms with Gasteiger partial charge in [0.2, 0.25) is 0 Å². The van der Waals surface area contributed by atoms with Gasteiger partial charge < -0.3 is 16.5 Å². The van der Waals surface area contributed by atoms with E-state index in [0.29, 0.717) is 5.16 Å². The minimum absolute atomic E-state index is 0.214. The number of hydrogen-bond acceptors (Lipinski definition) is 5. The molecular formula is C13H16N4OS. The van der Waals surface area contributed by atoms with Gasteiger partial charge in [-0.05, 0) is 30.5 Å². The molecule has 0 amide bonds. The Morgan fingerprint density at radius 3 is 2.63 bits per heavy atom. The average molecular weight is 276 g/mol. The molecule has 0 aliphatic heterocycles. The number of thioether (sulfide) groups is 1. The standard InChI is InChI=1S/C13H16N4OS/c14-10-5-3-9(4-6-10)2-1-7-19-13-16-11(15)8-12(18)17-13/h3-6,8H,1-2,7,14H2,(H3,15,16,17,18). The molecule has 5 nitrogen and oxygen atoms in total. The number of aryl methyl sites for hydroxylation is 1. The van der Waals surface area contributed by atoms with Gasteiger partial charge in [-0.25, -0.2) is 4.98 Å². The van der Waals surface area contributed by atoms with E-state index in [1.165, 1.54) is 23.4 Å². The second-order valence-corrected chi connectivity index (χ2v) is 5.25. The van der Waals surface area contributed by atoms with Crippen LogP contribution >= 0.6 is 11.8 Å². The molecule has 0 aliphatic carbocycles. The SMILES string of the molecule is Nc1ccc(CCCSc2nc(N)cc(=O)[nH]2)cc1. The van der Waals surface area contributed by atoms with Crippen molar-refractivity contribution in [2.45, 2.75) is 18.0 Å². The minimum atomic E-state index is -0.214. The maximum atomic E-state index is 11.2. The molecule has 0 saturated heterocycles. The van der Waals surface area contributed by atoms with Crippen molar-refractivity contribution in [1.82, 2.24) is 9.97 Å². The number of hydrogen-bond donors (Lipinski definition) is 3. The van der Waals surface area contributed by atoms with Crippen LogP contribution < -0.4 is 17.0 Å². The van der Waals surface area contributed by atoms with Crippen molar-refractivity contribution < 1.29 is 0 Å². The van der Waals surface area contributed by atoms with Gasteiger partial charge in [-0.3, -0.25) is 4.79 Å². The lowest BCUT2D eigenvalue weighted by molar-refractivity contribution is 0.912. The van der Waals surface area contributed by atoms with Crippen molar-refractivity contribution in [3.05, 3.63) is 46.2 Å². The molecule has 1 aromatic heterocycles. The van der Waals surface area contributed by atoms with Crippen LogP contribution in [0.4, 0.5) is 11.5 Å². The number of nitrogen functional groups attached to an aromatic ring is 2. The van der Waals surface area contributed by atoms with Gasteiger partial charge in [0.15, 0.2) is 5.16 Å². The number of rotatable bonds is 5. The summed E-state index contributed by atoms with van der Waals surface area (Å²) >= 11 is 1.50. The molecule has 0 radical (unpaired) electrons. The molecule has 5 N–H and O–H groups in total. The third-order valence-corrected chi connectivity index (χ3v) is 3.53. The first-order valence-electron chi connectivity index (χ1n) is 5.97. The molecule has 0 bridgehead atoms. The van der Waals surface area contributed by atoms with E-state index in [2.05, 4.69) is 9.97 Å². The first-order chi connectivity index (χ1) is 9.13. The van der Waals surface area contributed by atoms with Crippen LogP contribution in [0.25, 0.3) is 0 Å². The summed E-state index contributed by atoms with van der Waals surface area (Å²) in [4.78, 5) is 17.9. The van der Waals surface area contributed by atoms with Crippen LogP contribution in [0, 0.1) is 0 Å². The van der Waals surface area contributed by atoms with Gasteiger partial charge in [-0.15, -0.1) is 0 Å². The lowest BCUT2D eigenvalue weighted by Crippen LogP contribution is -2.09. The molecule has 0 unspecified atom stereocenters. The van der Waals surface area contributed by atoms with Crippen LogP contribution in [0.2, 0.25) is 0 Å². The van der Waals surface area contributed by atoms with Gasteiger partial charge in [-0.2, -0.15) is 0 Å². The molecule has 0 saturated carbocycles. The fraction of sp³-hybridized carbons (Fsp3) is 0.231. The summed E-state index contributed by atoms with van der Waals surface area (Å²) in [5.41, 5.74) is 13.0. The Balaban J connectivity index is 1.80. The highest BCUT2D eigenvalue weighted by Gasteiger charge is 2.00. The van der Waals surface area contributed by atoms with Gasteiger partial charge in [0.25, 0.3) is 5.56 Å². The van der Waals surface area contributed by atoms with Gasteiger partial charge >= 0.3 is 0 Å². The summed E-state index contributed by atoms with van der Waals surface area (Å²) in [5.74, 6) is 1.13. The molecule has 100 valence electrons. The predicted octanol–water partition coefficient (Wildman–Crippen LogP) is 1.66. The summed E-state index contributed by atoms with van der Waals surface area (Å²) in [7, 11) is 0. The van der Waals surface area contributed by atoms with E-state index in [0.717, 1.165) is 24.3 Å². The van der Waals surface area contributed by atoms with Gasteiger partial charge in [0, 0.05) is 17.5 Å². The third kappa shape index (κ3) is 4.33. The summed E-state index contributed by atoms with van der Waals surface area (Å²) in [5, 5.41) is 0.572. The van der Waals surface area contributed by atoms with Crippen LogP contribution in [0.15, 0.2) is 40.3 Å². The lowest BCUT2D eigenvalue weighted by Gasteiger charge is -2.03. The van der Waals surface area contributed by atoms with Gasteiger partial charge in [0.1, 0.15) is 5.82 Å². The van der Waals surface area contributed by atoms with E-state index < -0.39 is 0 Å². The molecule has 0 spiro atoms. The molecule has 2 rings (SSSR count). The molecule has 1 heterocycles. The first kappa shape index (κ1) is 13.5. The lowest BCUT2D eigenvalue weighted by atomic mass is 10.1. The van der Waals surface area contributed by atoms with Crippen molar-refractivity contribution >= 4 is 23.3 Å². The van der Waals surface area contributed by atoms with Crippen molar-refractivity contribution in [2.75, 3.05) is 17.2 Å². The zero-order valence-electron chi connectivity index (χ0n) is 10.4. The number of aromatic amines is 1. The van der Waals surface area contributed by atoms with E-state index in [4.69, 9.17) is 11.5 Å². The number of anilines is 2. The monoisotopic (exact) mass is 276 g/mol. The molecule has 0 atom stereocenters. The maximum absolute atomic E-state index is 11.2. The quantitative estimate of drug-likeness (QED) is 0.334. The molecular weight excluding hydrogens is 260 g/mol. The maximum Gasteiger partial charge on any atom is 0.253 e. The van der Waals surface area contributed by atoms with Gasteiger partial charge in [-0.1, -0.05) is 23.9 Å². The molecule has 1 aromatic carbocycles. The van der Waals surface area contributed by atoms with Crippen molar-refractivity contribution in [3.63, 3.8) is 0 Å². The number of H-pyrrole nitrogens is 1. The Labute approximate surface area is 115 Å². The van der Waals surface area contributed by atoms with Crippen molar-refractivity contribution in [3.8, 4) is 0 Å². The molecule has 19 heavy (non-hydrogen) atoms. The second-order valence-electron chi connectivity index (χ2n) is 4.17. The minimum Gasteiger partial charge on any atom is -0.399 e. The highest BCUT2D eigenvalue weighted by molar-refractivity contribution is 7.99. The molecule has 6 heteroatoms. The first-order valence-corrected chi connectivity index (χ1v) is 6.96. The Kier molecular flexibility index (Phi) is 4.46. The summed E-state index contributed by atoms with van der Waals surface area (Å²) in [6.45, 7) is 0. The fourth-order valence-electron chi connectivity index (χ4n) is 1.65. The van der Waals surface area contributed by atoms with Crippen LogP contribution in [0.3, 0.4) is 0 Å². The number of nitrogens with one attached hydrogen (secondary N) is 1. The number of nitrogens with two attached hydrogens (primary N) is 2. The van der Waals surface area contributed by atoms with E-state index in [1.807, 2.05) is 24.3 Å². The Morgan fingerprint density at radius 2 is 1.95 bits per heavy atom. The van der Waals surface area contributed by atoms with Crippen LogP contribution in [0.1, 0.15) is 12.0 Å². The number of nitrogens with zero attached hydrogens (tertiary/aromatic N) is 1. The second kappa shape index (κ2) is 6.29. The zero-order chi connectivity index (χ0) is 13.7. The normalized spacial score (nSPS) is 10.5. The van der Waals surface area contributed by atoms with Crippen molar-refractivity contribution in [1.29, 1.82) is 0 Å². The highest BCUT2D eigenvalue weighted by atomic mass is 32.2. The Morgan fingerprint density at radius 1 is 1.21 bits per heavy atom. The van der Waals surface area contributed by atoms with Crippen LogP contribution in [-0.2, 0) is 6.42 Å². The Bertz CT molecular complexity index is 594. The topological polar surface area (TPSA) is 97.8 Å². The summed E-state index contributed by atoms with van der Waals surface area (Å²) < 4.78 is 0. The zero-order valence-corrected chi connectivity index (χ0v) is 11.2. The molecule has 0 fully saturated rings.